The predicted octanol–water partition coefficient (Wildman–Crippen LogP) is 4.75. The number of para-hydroxylation sites is 1. The van der Waals surface area contributed by atoms with E-state index in [1.54, 1.807) is 5.56 Å². The Labute approximate surface area is 122 Å². The van der Waals surface area contributed by atoms with Crippen molar-refractivity contribution >= 4 is 5.69 Å². The number of nitrogens with one attached hydrogen (secondary N) is 1. The molecular formula is C19H25N. The largest absolute Gasteiger partial charge is 0.381 e. The molecule has 0 radical (unpaired) electrons. The Morgan fingerprint density at radius 2 is 1.65 bits per heavy atom. The van der Waals surface area contributed by atoms with Crippen LogP contribution in [0, 0.1) is 17.8 Å². The number of benzene rings is 1. The second-order valence-corrected chi connectivity index (χ2v) is 7.41. The summed E-state index contributed by atoms with van der Waals surface area (Å²) in [6.45, 7) is 4.70. The van der Waals surface area contributed by atoms with Crippen LogP contribution in [-0.2, 0) is 5.41 Å². The molecule has 4 bridgehead atoms. The lowest BCUT2D eigenvalue weighted by atomic mass is 9.48. The quantitative estimate of drug-likeness (QED) is 0.776. The first-order valence-corrected chi connectivity index (χ1v) is 8.23. The standard InChI is InChI=1S/C19H25N/c1-2-7-20-18-6-4-3-5-17(18)19-11-14-8-15(12-19)10-16(9-14)13-19/h2-6,14-16,20H,1,7-13H2. The van der Waals surface area contributed by atoms with Crippen LogP contribution in [0.1, 0.15) is 44.1 Å². The van der Waals surface area contributed by atoms with Crippen LogP contribution in [0.2, 0.25) is 0 Å². The van der Waals surface area contributed by atoms with E-state index in [2.05, 4.69) is 36.2 Å². The minimum absolute atomic E-state index is 0.486. The number of anilines is 1. The molecule has 0 unspecified atom stereocenters. The van der Waals surface area contributed by atoms with Crippen LogP contribution in [-0.4, -0.2) is 6.54 Å². The molecule has 1 nitrogen and oxygen atoms in total. The molecule has 0 atom stereocenters. The zero-order valence-corrected chi connectivity index (χ0v) is 12.3. The molecule has 0 aliphatic heterocycles. The summed E-state index contributed by atoms with van der Waals surface area (Å²) in [4.78, 5) is 0. The summed E-state index contributed by atoms with van der Waals surface area (Å²) in [7, 11) is 0. The molecule has 0 amide bonds. The first kappa shape index (κ1) is 12.5. The van der Waals surface area contributed by atoms with Crippen molar-refractivity contribution in [3.8, 4) is 0 Å². The van der Waals surface area contributed by atoms with Gasteiger partial charge in [-0.3, -0.25) is 0 Å². The molecule has 5 rings (SSSR count). The SMILES string of the molecule is C=CCNc1ccccc1C12CC3CC(CC(C3)C1)C2. The van der Waals surface area contributed by atoms with Crippen LogP contribution >= 0.6 is 0 Å². The minimum Gasteiger partial charge on any atom is -0.381 e. The monoisotopic (exact) mass is 267 g/mol. The van der Waals surface area contributed by atoms with Gasteiger partial charge in [-0.15, -0.1) is 6.58 Å². The van der Waals surface area contributed by atoms with Gasteiger partial charge in [0.25, 0.3) is 0 Å². The summed E-state index contributed by atoms with van der Waals surface area (Å²) in [5.74, 6) is 3.02. The number of hydrogen-bond acceptors (Lipinski definition) is 1. The van der Waals surface area contributed by atoms with Gasteiger partial charge < -0.3 is 5.32 Å². The molecule has 0 spiro atoms. The van der Waals surface area contributed by atoms with E-state index in [9.17, 15) is 0 Å². The molecule has 1 N–H and O–H groups in total. The van der Waals surface area contributed by atoms with Gasteiger partial charge in [0.2, 0.25) is 0 Å². The highest BCUT2D eigenvalue weighted by molar-refractivity contribution is 5.55. The van der Waals surface area contributed by atoms with Gasteiger partial charge in [-0.25, -0.2) is 0 Å². The van der Waals surface area contributed by atoms with Crippen LogP contribution < -0.4 is 5.32 Å². The van der Waals surface area contributed by atoms with Gasteiger partial charge in [0.1, 0.15) is 0 Å². The Kier molecular flexibility index (Phi) is 2.90. The van der Waals surface area contributed by atoms with E-state index < -0.39 is 0 Å². The van der Waals surface area contributed by atoms with Crippen LogP contribution in [0.3, 0.4) is 0 Å². The maximum Gasteiger partial charge on any atom is 0.0380 e. The predicted molar refractivity (Wildman–Crippen MR) is 85.0 cm³/mol. The minimum atomic E-state index is 0.486. The van der Waals surface area contributed by atoms with E-state index >= 15 is 0 Å². The molecule has 4 aliphatic carbocycles. The lowest BCUT2D eigenvalue weighted by molar-refractivity contribution is -0.00486. The fourth-order valence-electron chi connectivity index (χ4n) is 5.72. The summed E-state index contributed by atoms with van der Waals surface area (Å²) in [6, 6.07) is 9.04. The van der Waals surface area contributed by atoms with Crippen molar-refractivity contribution in [1.29, 1.82) is 0 Å². The van der Waals surface area contributed by atoms with Crippen LogP contribution in [0.15, 0.2) is 36.9 Å². The third kappa shape index (κ3) is 1.90. The van der Waals surface area contributed by atoms with E-state index in [1.165, 1.54) is 44.2 Å². The second-order valence-electron chi connectivity index (χ2n) is 7.41. The molecule has 4 saturated carbocycles. The third-order valence-corrected chi connectivity index (χ3v) is 5.97. The molecule has 4 fully saturated rings. The van der Waals surface area contributed by atoms with E-state index in [0.717, 1.165) is 24.3 Å². The van der Waals surface area contributed by atoms with Crippen molar-refractivity contribution < 1.29 is 0 Å². The van der Waals surface area contributed by atoms with Gasteiger partial charge in [-0.1, -0.05) is 24.3 Å². The Hall–Kier alpha value is -1.24. The Bertz CT molecular complexity index is 481. The van der Waals surface area contributed by atoms with Crippen molar-refractivity contribution in [2.75, 3.05) is 11.9 Å². The lowest BCUT2D eigenvalue weighted by Crippen LogP contribution is -2.48. The summed E-state index contributed by atoms with van der Waals surface area (Å²) < 4.78 is 0. The van der Waals surface area contributed by atoms with Gasteiger partial charge >= 0.3 is 0 Å². The fraction of sp³-hybridized carbons (Fsp3) is 0.579. The zero-order valence-electron chi connectivity index (χ0n) is 12.3. The fourth-order valence-corrected chi connectivity index (χ4v) is 5.72. The smallest absolute Gasteiger partial charge is 0.0380 e. The lowest BCUT2D eigenvalue weighted by Gasteiger charge is -2.57. The van der Waals surface area contributed by atoms with Crippen molar-refractivity contribution in [1.82, 2.24) is 0 Å². The number of hydrogen-bond donors (Lipinski definition) is 1. The maximum absolute atomic E-state index is 3.84. The van der Waals surface area contributed by atoms with Gasteiger partial charge in [0.05, 0.1) is 0 Å². The molecule has 20 heavy (non-hydrogen) atoms. The highest BCUT2D eigenvalue weighted by Gasteiger charge is 2.52. The maximum atomic E-state index is 3.84. The highest BCUT2D eigenvalue weighted by Crippen LogP contribution is 2.61. The average Bonchev–Trinajstić information content (AvgIpc) is 2.44. The van der Waals surface area contributed by atoms with E-state index in [-0.39, 0.29) is 0 Å². The normalized spacial score (nSPS) is 37.9. The highest BCUT2D eigenvalue weighted by atomic mass is 14.9. The Morgan fingerprint density at radius 3 is 2.25 bits per heavy atom. The average molecular weight is 267 g/mol. The zero-order chi connectivity index (χ0) is 13.6. The second kappa shape index (κ2) is 4.65. The molecule has 0 heterocycles. The summed E-state index contributed by atoms with van der Waals surface area (Å²) in [5.41, 5.74) is 3.44. The van der Waals surface area contributed by atoms with Crippen LogP contribution in [0.4, 0.5) is 5.69 Å². The molecule has 106 valence electrons. The molecular weight excluding hydrogens is 242 g/mol. The molecule has 0 aromatic heterocycles. The molecule has 1 aromatic rings. The number of rotatable bonds is 4. The van der Waals surface area contributed by atoms with Crippen molar-refractivity contribution in [2.24, 2.45) is 17.8 Å². The van der Waals surface area contributed by atoms with Crippen molar-refractivity contribution in [2.45, 2.75) is 43.9 Å². The van der Waals surface area contributed by atoms with Crippen molar-refractivity contribution in [3.05, 3.63) is 42.5 Å². The van der Waals surface area contributed by atoms with E-state index in [4.69, 9.17) is 0 Å². The molecule has 4 aliphatic rings. The van der Waals surface area contributed by atoms with Gasteiger partial charge in [-0.2, -0.15) is 0 Å². The molecule has 1 heteroatoms. The van der Waals surface area contributed by atoms with Gasteiger partial charge in [0.15, 0.2) is 0 Å². The first-order valence-electron chi connectivity index (χ1n) is 8.23. The van der Waals surface area contributed by atoms with Crippen LogP contribution in [0.25, 0.3) is 0 Å². The molecule has 1 aromatic carbocycles. The Balaban J connectivity index is 1.71. The van der Waals surface area contributed by atoms with Gasteiger partial charge in [0, 0.05) is 12.2 Å². The Morgan fingerprint density at radius 1 is 1.05 bits per heavy atom. The van der Waals surface area contributed by atoms with E-state index in [1.807, 2.05) is 6.08 Å². The van der Waals surface area contributed by atoms with E-state index in [0.29, 0.717) is 5.41 Å². The van der Waals surface area contributed by atoms with Crippen molar-refractivity contribution in [3.63, 3.8) is 0 Å². The van der Waals surface area contributed by atoms with Crippen LogP contribution in [0.5, 0.6) is 0 Å². The summed E-state index contributed by atoms with van der Waals surface area (Å²) in [6.07, 6.45) is 10.8. The summed E-state index contributed by atoms with van der Waals surface area (Å²) >= 11 is 0. The third-order valence-electron chi connectivity index (χ3n) is 5.97. The topological polar surface area (TPSA) is 12.0 Å². The molecule has 0 saturated heterocycles. The van der Waals surface area contributed by atoms with Gasteiger partial charge in [-0.05, 0) is 73.3 Å². The summed E-state index contributed by atoms with van der Waals surface area (Å²) in [5, 5.41) is 3.57. The first-order chi connectivity index (χ1) is 9.79.